The van der Waals surface area contributed by atoms with E-state index in [1.807, 2.05) is 23.1 Å². The second-order valence-electron chi connectivity index (χ2n) is 9.51. The fraction of sp³-hybridized carbons (Fsp3) is 0.417. The van der Waals surface area contributed by atoms with Gasteiger partial charge in [-0.3, -0.25) is 14.5 Å². The molecule has 4 aliphatic rings. The number of ether oxygens (including phenoxy) is 2. The van der Waals surface area contributed by atoms with Gasteiger partial charge in [0.15, 0.2) is 11.5 Å². The summed E-state index contributed by atoms with van der Waals surface area (Å²) in [4.78, 5) is 30.1. The Kier molecular flexibility index (Phi) is 3.67. The monoisotopic (exact) mass is 436 g/mol. The Bertz CT molecular complexity index is 1180. The Labute approximate surface area is 185 Å². The number of carbonyl (C=O) groups excluding carboxylic acids is 2. The van der Waals surface area contributed by atoms with Gasteiger partial charge in [0.25, 0.3) is 5.91 Å². The number of aryl methyl sites for hydroxylation is 1. The van der Waals surface area contributed by atoms with E-state index in [9.17, 15) is 9.59 Å². The molecule has 160 valence electrons. The van der Waals surface area contributed by atoms with Gasteiger partial charge in [-0.05, 0) is 50.8 Å². The quantitative estimate of drug-likeness (QED) is 0.668. The molecule has 4 aliphatic heterocycles. The van der Waals surface area contributed by atoms with Crippen LogP contribution in [-0.2, 0) is 14.5 Å². The fourth-order valence-electron chi connectivity index (χ4n) is 5.76. The Hall–Kier alpha value is -2.67. The Morgan fingerprint density at radius 1 is 1.06 bits per heavy atom. The van der Waals surface area contributed by atoms with Crippen LogP contribution in [0.2, 0.25) is 0 Å². The molecule has 1 saturated heterocycles. The molecule has 1 spiro atoms. The molecule has 0 N–H and O–H groups in total. The standard InChI is InChI=1S/C24H24N2O4S/c1-13-7-16-14(2)10-23(3,4)26-21(16)17(8-13)24(22(26)28)25(20(27)11-31-24)15-5-6-18-19(9-15)30-12-29-18/h5-9,14H,10-12H2,1-4H3/t14-,24-/m0/s1. The number of rotatable bonds is 1. The third kappa shape index (κ3) is 2.30. The zero-order chi connectivity index (χ0) is 21.7. The highest BCUT2D eigenvalue weighted by Crippen LogP contribution is 2.61. The third-order valence-electron chi connectivity index (χ3n) is 6.89. The van der Waals surface area contributed by atoms with Gasteiger partial charge in [-0.15, -0.1) is 11.8 Å². The molecule has 7 heteroatoms. The Morgan fingerprint density at radius 2 is 1.84 bits per heavy atom. The van der Waals surface area contributed by atoms with Crippen LogP contribution in [0.25, 0.3) is 0 Å². The van der Waals surface area contributed by atoms with Crippen molar-refractivity contribution in [3.8, 4) is 11.5 Å². The molecule has 0 aromatic heterocycles. The van der Waals surface area contributed by atoms with Gasteiger partial charge in [0.05, 0.1) is 11.4 Å². The molecule has 6 nitrogen and oxygen atoms in total. The summed E-state index contributed by atoms with van der Waals surface area (Å²) < 4.78 is 11.0. The van der Waals surface area contributed by atoms with Crippen LogP contribution in [0.3, 0.4) is 0 Å². The number of anilines is 2. The number of fused-ring (bicyclic) bond motifs is 2. The van der Waals surface area contributed by atoms with Crippen molar-refractivity contribution in [1.82, 2.24) is 0 Å². The summed E-state index contributed by atoms with van der Waals surface area (Å²) in [6, 6.07) is 9.76. The van der Waals surface area contributed by atoms with Crippen LogP contribution < -0.4 is 19.3 Å². The van der Waals surface area contributed by atoms with E-state index in [1.165, 1.54) is 17.3 Å². The first-order valence-corrected chi connectivity index (χ1v) is 11.6. The first-order valence-electron chi connectivity index (χ1n) is 10.6. The van der Waals surface area contributed by atoms with Crippen molar-refractivity contribution >= 4 is 35.0 Å². The molecular formula is C24H24N2O4S. The minimum absolute atomic E-state index is 0.0280. The van der Waals surface area contributed by atoms with E-state index in [-0.39, 0.29) is 29.9 Å². The van der Waals surface area contributed by atoms with E-state index < -0.39 is 4.87 Å². The van der Waals surface area contributed by atoms with Crippen LogP contribution in [-0.4, -0.2) is 29.9 Å². The van der Waals surface area contributed by atoms with Gasteiger partial charge < -0.3 is 14.4 Å². The molecule has 6 rings (SSSR count). The highest BCUT2D eigenvalue weighted by Gasteiger charge is 2.64. The van der Waals surface area contributed by atoms with E-state index in [0.717, 1.165) is 23.2 Å². The summed E-state index contributed by atoms with van der Waals surface area (Å²) in [5.41, 5.74) is 4.57. The molecule has 0 radical (unpaired) electrons. The lowest BCUT2D eigenvalue weighted by molar-refractivity contribution is -0.124. The molecule has 4 heterocycles. The predicted octanol–water partition coefficient (Wildman–Crippen LogP) is 4.29. The summed E-state index contributed by atoms with van der Waals surface area (Å²) in [5, 5.41) is 0. The van der Waals surface area contributed by atoms with E-state index in [1.54, 1.807) is 4.90 Å². The Morgan fingerprint density at radius 3 is 2.65 bits per heavy atom. The summed E-state index contributed by atoms with van der Waals surface area (Å²) in [5.74, 6) is 1.75. The lowest BCUT2D eigenvalue weighted by Gasteiger charge is -2.44. The summed E-state index contributed by atoms with van der Waals surface area (Å²) in [6.45, 7) is 8.71. The van der Waals surface area contributed by atoms with Crippen molar-refractivity contribution < 1.29 is 19.1 Å². The average Bonchev–Trinajstić information content (AvgIpc) is 3.37. The maximum Gasteiger partial charge on any atom is 0.269 e. The summed E-state index contributed by atoms with van der Waals surface area (Å²) >= 11 is 1.43. The normalized spacial score (nSPS) is 27.4. The van der Waals surface area contributed by atoms with Crippen molar-refractivity contribution in [1.29, 1.82) is 0 Å². The molecule has 0 unspecified atom stereocenters. The maximum absolute atomic E-state index is 14.3. The van der Waals surface area contributed by atoms with Gasteiger partial charge in [0.2, 0.25) is 17.6 Å². The van der Waals surface area contributed by atoms with E-state index in [4.69, 9.17) is 9.47 Å². The zero-order valence-electron chi connectivity index (χ0n) is 18.0. The van der Waals surface area contributed by atoms with E-state index in [2.05, 4.69) is 39.8 Å². The van der Waals surface area contributed by atoms with Crippen LogP contribution >= 0.6 is 11.8 Å². The average molecular weight is 437 g/mol. The van der Waals surface area contributed by atoms with Gasteiger partial charge in [0.1, 0.15) is 0 Å². The molecule has 31 heavy (non-hydrogen) atoms. The van der Waals surface area contributed by atoms with Crippen LogP contribution in [0.4, 0.5) is 11.4 Å². The van der Waals surface area contributed by atoms with Gasteiger partial charge >= 0.3 is 0 Å². The highest BCUT2D eigenvalue weighted by molar-refractivity contribution is 8.02. The lowest BCUT2D eigenvalue weighted by Crippen LogP contribution is -2.56. The first kappa shape index (κ1) is 19.0. The molecule has 0 bridgehead atoms. The van der Waals surface area contributed by atoms with Crippen molar-refractivity contribution in [3.63, 3.8) is 0 Å². The van der Waals surface area contributed by atoms with Crippen LogP contribution in [0.5, 0.6) is 11.5 Å². The Balaban J connectivity index is 1.61. The molecule has 0 aliphatic carbocycles. The number of hydrogen-bond acceptors (Lipinski definition) is 5. The van der Waals surface area contributed by atoms with Crippen molar-refractivity contribution in [3.05, 3.63) is 47.0 Å². The minimum Gasteiger partial charge on any atom is -0.454 e. The zero-order valence-corrected chi connectivity index (χ0v) is 18.8. The maximum atomic E-state index is 14.3. The molecule has 2 aromatic carbocycles. The number of benzene rings is 2. The third-order valence-corrected chi connectivity index (χ3v) is 8.28. The van der Waals surface area contributed by atoms with Crippen LogP contribution in [0.1, 0.15) is 49.8 Å². The van der Waals surface area contributed by atoms with E-state index in [0.29, 0.717) is 23.1 Å². The topological polar surface area (TPSA) is 59.1 Å². The second kappa shape index (κ2) is 5.97. The van der Waals surface area contributed by atoms with Gasteiger partial charge in [-0.1, -0.05) is 24.6 Å². The second-order valence-corrected chi connectivity index (χ2v) is 10.7. The molecular weight excluding hydrogens is 412 g/mol. The van der Waals surface area contributed by atoms with Crippen molar-refractivity contribution in [2.45, 2.75) is 50.4 Å². The number of thioether (sulfide) groups is 1. The van der Waals surface area contributed by atoms with Gasteiger partial charge in [-0.25, -0.2) is 0 Å². The molecule has 0 saturated carbocycles. The SMILES string of the molecule is Cc1cc2c3c(c1)[C@]1(SCC(=O)N1c1ccc4c(c1)OCO4)C(=O)N3C(C)(C)C[C@@H]2C. The highest BCUT2D eigenvalue weighted by atomic mass is 32.2. The molecule has 1 fully saturated rings. The lowest BCUT2D eigenvalue weighted by atomic mass is 9.80. The predicted molar refractivity (Wildman–Crippen MR) is 120 cm³/mol. The summed E-state index contributed by atoms with van der Waals surface area (Å²) in [7, 11) is 0. The first-order chi connectivity index (χ1) is 14.7. The summed E-state index contributed by atoms with van der Waals surface area (Å²) in [6.07, 6.45) is 0.882. The van der Waals surface area contributed by atoms with Crippen molar-refractivity contribution in [2.75, 3.05) is 22.3 Å². The fourth-order valence-corrected chi connectivity index (χ4v) is 7.09. The number of hydrogen-bond donors (Lipinski definition) is 0. The minimum atomic E-state index is -1.10. The van der Waals surface area contributed by atoms with Crippen molar-refractivity contribution in [2.24, 2.45) is 0 Å². The van der Waals surface area contributed by atoms with Gasteiger partial charge in [-0.2, -0.15) is 0 Å². The number of nitrogens with zero attached hydrogens (tertiary/aromatic N) is 2. The molecule has 2 aromatic rings. The van der Waals surface area contributed by atoms with Crippen LogP contribution in [0, 0.1) is 6.92 Å². The number of amides is 2. The smallest absolute Gasteiger partial charge is 0.269 e. The largest absolute Gasteiger partial charge is 0.454 e. The number of carbonyl (C=O) groups is 2. The molecule has 2 atom stereocenters. The van der Waals surface area contributed by atoms with E-state index >= 15 is 0 Å². The van der Waals surface area contributed by atoms with Gasteiger partial charge in [0, 0.05) is 22.9 Å². The van der Waals surface area contributed by atoms with Crippen LogP contribution in [0.15, 0.2) is 30.3 Å². The molecule has 2 amide bonds.